The summed E-state index contributed by atoms with van der Waals surface area (Å²) in [5.41, 5.74) is 1.10. The van der Waals surface area contributed by atoms with Crippen LogP contribution in [0.4, 0.5) is 48.5 Å². The van der Waals surface area contributed by atoms with Gasteiger partial charge in [0.25, 0.3) is 11.4 Å². The van der Waals surface area contributed by atoms with Crippen LogP contribution in [0.5, 0.6) is 0 Å². The number of amides is 2. The highest BCUT2D eigenvalue weighted by Gasteiger charge is 2.35. The number of anilines is 2. The molecule has 2 amide bonds. The van der Waals surface area contributed by atoms with Crippen molar-refractivity contribution < 1.29 is 65.5 Å². The van der Waals surface area contributed by atoms with Crippen molar-refractivity contribution in [2.45, 2.75) is 52.7 Å². The van der Waals surface area contributed by atoms with Crippen molar-refractivity contribution >= 4 is 84.1 Å². The molecule has 0 fully saturated rings. The second-order valence-electron chi connectivity index (χ2n) is 15.6. The molecule has 392 valence electrons. The molecular weight excluding hydrogens is 1080 g/mol. The molecule has 0 saturated carbocycles. The highest BCUT2D eigenvalue weighted by molar-refractivity contribution is 9.08. The first-order chi connectivity index (χ1) is 35.3. The first kappa shape index (κ1) is 57.6. The maximum Gasteiger partial charge on any atom is 0.415 e. The van der Waals surface area contributed by atoms with Gasteiger partial charge in [-0.3, -0.25) is 30.0 Å². The summed E-state index contributed by atoms with van der Waals surface area (Å²) >= 11 is 5.40. The summed E-state index contributed by atoms with van der Waals surface area (Å²) in [4.78, 5) is 78.5. The maximum absolute atomic E-state index is 14.6. The Bertz CT molecular complexity index is 2970. The molecule has 0 saturated heterocycles. The van der Waals surface area contributed by atoms with E-state index in [9.17, 15) is 57.0 Å². The Hall–Kier alpha value is -7.28. The third-order valence-corrected chi connectivity index (χ3v) is 13.6. The zero-order valence-electron chi connectivity index (χ0n) is 40.6. The first-order valence-electron chi connectivity index (χ1n) is 22.4. The number of thiophene rings is 2. The van der Waals surface area contributed by atoms with Crippen LogP contribution in [0.25, 0.3) is 20.9 Å². The molecule has 24 heteroatoms. The van der Waals surface area contributed by atoms with Crippen LogP contribution >= 0.6 is 38.6 Å². The fourth-order valence-electron chi connectivity index (χ4n) is 7.17. The van der Waals surface area contributed by atoms with Gasteiger partial charge in [-0.2, -0.15) is 0 Å². The molecule has 0 spiro atoms. The predicted octanol–water partition coefficient (Wildman–Crippen LogP) is 12.8. The van der Waals surface area contributed by atoms with E-state index in [0.717, 1.165) is 56.7 Å². The number of benzene rings is 4. The highest BCUT2D eigenvalue weighted by Crippen LogP contribution is 2.46. The average molecular weight is 1130 g/mol. The van der Waals surface area contributed by atoms with E-state index in [2.05, 4.69) is 15.9 Å². The summed E-state index contributed by atoms with van der Waals surface area (Å²) in [6.45, 7) is 5.60. The number of carbonyl (C=O) groups is 4. The third-order valence-electron chi connectivity index (χ3n) is 10.4. The molecule has 0 N–H and O–H groups in total. The van der Waals surface area contributed by atoms with E-state index in [1.807, 2.05) is 0 Å². The molecule has 2 heterocycles. The molecule has 6 rings (SSSR count). The Labute approximate surface area is 438 Å². The number of nitrogens with zero attached hydrogens (tertiary/aromatic N) is 5. The molecule has 74 heavy (non-hydrogen) atoms. The van der Waals surface area contributed by atoms with Crippen molar-refractivity contribution in [1.82, 2.24) is 4.90 Å². The molecular formula is C50H48BrF4N5O12S2. The lowest BCUT2D eigenvalue weighted by molar-refractivity contribution is -0.385. The van der Waals surface area contributed by atoms with Crippen LogP contribution in [0.3, 0.4) is 0 Å². The zero-order valence-corrected chi connectivity index (χ0v) is 43.8. The number of halogens is 5. The minimum absolute atomic E-state index is 0.0181. The second kappa shape index (κ2) is 26.6. The second-order valence-corrected chi connectivity index (χ2v) is 18.1. The van der Waals surface area contributed by atoms with E-state index in [0.29, 0.717) is 32.0 Å². The maximum atomic E-state index is 14.6. The van der Waals surface area contributed by atoms with Crippen molar-refractivity contribution in [3.8, 4) is 20.9 Å². The van der Waals surface area contributed by atoms with Crippen molar-refractivity contribution in [2.24, 2.45) is 0 Å². The smallest absolute Gasteiger partial charge is 0.415 e. The Morgan fingerprint density at radius 1 is 0.527 bits per heavy atom. The Kier molecular flexibility index (Phi) is 20.7. The minimum Gasteiger partial charge on any atom is -0.462 e. The molecule has 0 bridgehead atoms. The van der Waals surface area contributed by atoms with Crippen LogP contribution in [-0.4, -0.2) is 79.4 Å². The molecule has 0 aliphatic carbocycles. The summed E-state index contributed by atoms with van der Waals surface area (Å²) in [5, 5.41) is 22.5. The number of non-ortho nitro benzene ring substituents is 2. The van der Waals surface area contributed by atoms with E-state index < -0.39 is 70.3 Å². The van der Waals surface area contributed by atoms with Gasteiger partial charge in [-0.15, -0.1) is 22.7 Å². The molecule has 4 aromatic carbocycles. The summed E-state index contributed by atoms with van der Waals surface area (Å²) in [6, 6.07) is 18.1. The number of hydrogen-bond donors (Lipinski definition) is 0. The molecule has 17 nitrogen and oxygen atoms in total. The number of ether oxygens (including phenoxy) is 4. The zero-order chi connectivity index (χ0) is 54.4. The molecule has 0 atom stereocenters. The van der Waals surface area contributed by atoms with Gasteiger partial charge in [0.2, 0.25) is 0 Å². The van der Waals surface area contributed by atoms with Gasteiger partial charge in [0.1, 0.15) is 33.3 Å². The van der Waals surface area contributed by atoms with E-state index in [1.165, 1.54) is 60.7 Å². The first-order valence-corrected chi connectivity index (χ1v) is 25.2. The molecule has 0 unspecified atom stereocenters. The summed E-state index contributed by atoms with van der Waals surface area (Å²) in [6.07, 6.45) is -1.82. The van der Waals surface area contributed by atoms with Crippen LogP contribution < -0.4 is 9.80 Å². The van der Waals surface area contributed by atoms with E-state index in [-0.39, 0.29) is 81.9 Å². The largest absolute Gasteiger partial charge is 0.462 e. The van der Waals surface area contributed by atoms with Crippen LogP contribution in [-0.2, 0) is 43.9 Å². The predicted molar refractivity (Wildman–Crippen MR) is 274 cm³/mol. The Balaban J connectivity index is 0.000000274. The van der Waals surface area contributed by atoms with E-state index in [1.54, 1.807) is 46.7 Å². The SMILES string of the molecule is CCOC(=O)c1c(N(Cc2c(F)cccc2F)C(=O)OCC)sc(-c2ccc([N+](=O)[O-])cc2)c1CBr.CCOC(=O)c1c(N(Cc2c(F)cccc2F)C(=O)OCC)sc(-c2ccc([N+](=O)[O-])cc2)c1CN(C)C. The van der Waals surface area contributed by atoms with Gasteiger partial charge in [0.05, 0.1) is 60.5 Å². The lowest BCUT2D eigenvalue weighted by Gasteiger charge is -2.22. The molecule has 2 aromatic heterocycles. The quantitative estimate of drug-likeness (QED) is 0.0185. The van der Waals surface area contributed by atoms with Crippen LogP contribution in [0.15, 0.2) is 84.9 Å². The summed E-state index contributed by atoms with van der Waals surface area (Å²) in [5.74, 6) is -4.93. The molecule has 0 aliphatic rings. The van der Waals surface area contributed by atoms with Gasteiger partial charge < -0.3 is 23.8 Å². The average Bonchev–Trinajstić information content (AvgIpc) is 3.93. The Morgan fingerprint density at radius 2 is 0.865 bits per heavy atom. The summed E-state index contributed by atoms with van der Waals surface area (Å²) < 4.78 is 79.1. The number of nitro groups is 2. The van der Waals surface area contributed by atoms with Gasteiger partial charge in [0.15, 0.2) is 0 Å². The summed E-state index contributed by atoms with van der Waals surface area (Å²) in [7, 11) is 3.56. The number of alkyl halides is 1. The highest BCUT2D eigenvalue weighted by atomic mass is 79.9. The molecule has 0 aliphatic heterocycles. The third kappa shape index (κ3) is 13.7. The van der Waals surface area contributed by atoms with Crippen molar-refractivity contribution in [3.05, 3.63) is 162 Å². The van der Waals surface area contributed by atoms with Crippen LogP contribution in [0.1, 0.15) is 70.7 Å². The monoisotopic (exact) mass is 1130 g/mol. The van der Waals surface area contributed by atoms with Gasteiger partial charge in [-0.05, 0) is 107 Å². The molecule has 0 radical (unpaired) electrons. The number of rotatable bonds is 19. The van der Waals surface area contributed by atoms with Gasteiger partial charge in [-0.25, -0.2) is 36.7 Å². The number of hydrogen-bond acceptors (Lipinski definition) is 15. The van der Waals surface area contributed by atoms with Gasteiger partial charge in [-0.1, -0.05) is 28.1 Å². The van der Waals surface area contributed by atoms with Crippen molar-refractivity contribution in [1.29, 1.82) is 0 Å². The normalized spacial score (nSPS) is 10.8. The lowest BCUT2D eigenvalue weighted by Crippen LogP contribution is -2.32. The molecule has 6 aromatic rings. The number of esters is 2. The van der Waals surface area contributed by atoms with Gasteiger partial charge in [0, 0.05) is 62.6 Å². The minimum atomic E-state index is -0.914. The fourth-order valence-corrected chi connectivity index (χ4v) is 10.5. The fraction of sp³-hybridized carbons (Fsp3) is 0.280. The topological polar surface area (TPSA) is 201 Å². The van der Waals surface area contributed by atoms with Crippen LogP contribution in [0.2, 0.25) is 0 Å². The Morgan fingerprint density at radius 3 is 1.18 bits per heavy atom. The standard InChI is InChI=1S/C26H27F2N3O6S.C24H21BrF2N2O6S/c1-5-36-25(32)22-19(14-29(3)4)23(16-10-12-17(13-11-16)31(34)35)38-24(22)30(26(33)37-6-2)15-18-20(27)8-7-9-21(18)28;1-3-34-23(30)20-16(12-25)21(14-8-10-15(11-9-14)29(32)33)36-22(20)28(24(31)35-4-2)13-17-18(26)6-5-7-19(17)27/h7-13H,5-6,14-15H2,1-4H3;5-11H,3-4,12-13H2,1-2H3. The van der Waals surface area contributed by atoms with Crippen LogP contribution in [0, 0.1) is 43.5 Å². The van der Waals surface area contributed by atoms with E-state index >= 15 is 0 Å². The van der Waals surface area contributed by atoms with E-state index in [4.69, 9.17) is 18.9 Å². The van der Waals surface area contributed by atoms with Crippen molar-refractivity contribution in [3.63, 3.8) is 0 Å². The number of nitro benzene ring substituents is 2. The lowest BCUT2D eigenvalue weighted by atomic mass is 10.0. The number of carbonyl (C=O) groups excluding carboxylic acids is 4. The van der Waals surface area contributed by atoms with Crippen molar-refractivity contribution in [2.75, 3.05) is 50.3 Å². The van der Waals surface area contributed by atoms with Gasteiger partial charge >= 0.3 is 24.1 Å².